The van der Waals surface area contributed by atoms with Crippen LogP contribution >= 0.6 is 0 Å². The predicted octanol–water partition coefficient (Wildman–Crippen LogP) is -0.470. The SMILES string of the molecule is CC=CC=CC(=O)N1CC(=O)NCC1C(=O)O. The van der Waals surface area contributed by atoms with Gasteiger partial charge in [-0.3, -0.25) is 9.59 Å². The molecule has 1 fully saturated rings. The molecule has 0 aromatic carbocycles. The van der Waals surface area contributed by atoms with E-state index in [0.29, 0.717) is 0 Å². The van der Waals surface area contributed by atoms with Crippen LogP contribution in [0.15, 0.2) is 24.3 Å². The van der Waals surface area contributed by atoms with Gasteiger partial charge in [0.2, 0.25) is 11.8 Å². The molecule has 2 amide bonds. The lowest BCUT2D eigenvalue weighted by Gasteiger charge is -2.31. The monoisotopic (exact) mass is 238 g/mol. The van der Waals surface area contributed by atoms with Crippen LogP contribution in [0.1, 0.15) is 6.92 Å². The number of carbonyl (C=O) groups is 3. The fraction of sp³-hybridized carbons (Fsp3) is 0.364. The maximum Gasteiger partial charge on any atom is 0.328 e. The summed E-state index contributed by atoms with van der Waals surface area (Å²) in [7, 11) is 0. The Morgan fingerprint density at radius 1 is 1.47 bits per heavy atom. The van der Waals surface area contributed by atoms with Gasteiger partial charge in [0.15, 0.2) is 0 Å². The molecule has 1 saturated heterocycles. The van der Waals surface area contributed by atoms with Gasteiger partial charge in [0, 0.05) is 12.6 Å². The number of carboxylic acid groups (broad SMARTS) is 1. The second kappa shape index (κ2) is 5.83. The van der Waals surface area contributed by atoms with Crippen molar-refractivity contribution in [2.75, 3.05) is 13.1 Å². The minimum atomic E-state index is -1.13. The lowest BCUT2D eigenvalue weighted by Crippen LogP contribution is -2.59. The number of nitrogens with one attached hydrogen (secondary N) is 1. The summed E-state index contributed by atoms with van der Waals surface area (Å²) in [5.41, 5.74) is 0. The van der Waals surface area contributed by atoms with Gasteiger partial charge in [-0.05, 0) is 6.92 Å². The maximum atomic E-state index is 11.7. The van der Waals surface area contributed by atoms with Crippen LogP contribution in [-0.2, 0) is 14.4 Å². The Bertz CT molecular complexity index is 387. The Balaban J connectivity index is 2.78. The number of hydrogen-bond acceptors (Lipinski definition) is 3. The predicted molar refractivity (Wildman–Crippen MR) is 60.1 cm³/mol. The van der Waals surface area contributed by atoms with E-state index in [1.165, 1.54) is 12.2 Å². The fourth-order valence-corrected chi connectivity index (χ4v) is 1.44. The molecule has 0 saturated carbocycles. The molecule has 0 bridgehead atoms. The van der Waals surface area contributed by atoms with Gasteiger partial charge in [0.25, 0.3) is 0 Å². The number of nitrogens with zero attached hydrogens (tertiary/aromatic N) is 1. The topological polar surface area (TPSA) is 86.7 Å². The van der Waals surface area contributed by atoms with Gasteiger partial charge in [-0.25, -0.2) is 4.79 Å². The highest BCUT2D eigenvalue weighted by Crippen LogP contribution is 2.05. The fourth-order valence-electron chi connectivity index (χ4n) is 1.44. The van der Waals surface area contributed by atoms with E-state index < -0.39 is 17.9 Å². The first kappa shape index (κ1) is 13.0. The van der Waals surface area contributed by atoms with Crippen LogP contribution < -0.4 is 5.32 Å². The first-order valence-electron chi connectivity index (χ1n) is 5.15. The minimum absolute atomic E-state index is 0.0582. The third-order valence-electron chi connectivity index (χ3n) is 2.29. The molecule has 1 aliphatic heterocycles. The van der Waals surface area contributed by atoms with Crippen LogP contribution in [0, 0.1) is 0 Å². The number of allylic oxidation sites excluding steroid dienone is 3. The van der Waals surface area contributed by atoms with Crippen LogP contribution in [0.4, 0.5) is 0 Å². The number of carbonyl (C=O) groups excluding carboxylic acids is 2. The van der Waals surface area contributed by atoms with E-state index in [2.05, 4.69) is 5.32 Å². The van der Waals surface area contributed by atoms with Gasteiger partial charge in [-0.1, -0.05) is 18.2 Å². The molecule has 0 aromatic rings. The summed E-state index contributed by atoms with van der Waals surface area (Å²) in [5.74, 6) is -1.96. The van der Waals surface area contributed by atoms with E-state index in [1.807, 2.05) is 0 Å². The number of aliphatic carboxylic acids is 1. The summed E-state index contributed by atoms with van der Waals surface area (Å²) < 4.78 is 0. The molecule has 6 heteroatoms. The molecular formula is C11H14N2O4. The summed E-state index contributed by atoms with van der Waals surface area (Å²) in [6.07, 6.45) is 6.14. The highest BCUT2D eigenvalue weighted by Gasteiger charge is 2.33. The van der Waals surface area contributed by atoms with Gasteiger partial charge in [-0.15, -0.1) is 0 Å². The Kier molecular flexibility index (Phi) is 4.45. The van der Waals surface area contributed by atoms with Crippen molar-refractivity contribution in [2.45, 2.75) is 13.0 Å². The number of carboxylic acids is 1. The highest BCUT2D eigenvalue weighted by molar-refractivity contribution is 5.96. The van der Waals surface area contributed by atoms with Crippen LogP contribution in [0.5, 0.6) is 0 Å². The molecule has 1 aliphatic rings. The zero-order chi connectivity index (χ0) is 12.8. The molecule has 17 heavy (non-hydrogen) atoms. The van der Waals surface area contributed by atoms with Gasteiger partial charge < -0.3 is 15.3 Å². The molecule has 1 unspecified atom stereocenters. The minimum Gasteiger partial charge on any atom is -0.480 e. The van der Waals surface area contributed by atoms with Crippen molar-refractivity contribution in [3.05, 3.63) is 24.3 Å². The molecule has 1 rings (SSSR count). The van der Waals surface area contributed by atoms with E-state index in [9.17, 15) is 14.4 Å². The molecular weight excluding hydrogens is 224 g/mol. The van der Waals surface area contributed by atoms with Crippen molar-refractivity contribution < 1.29 is 19.5 Å². The molecule has 6 nitrogen and oxygen atoms in total. The number of rotatable bonds is 3. The first-order chi connectivity index (χ1) is 8.06. The average Bonchev–Trinajstić information content (AvgIpc) is 2.28. The van der Waals surface area contributed by atoms with E-state index >= 15 is 0 Å². The second-order valence-corrected chi connectivity index (χ2v) is 3.51. The summed E-state index contributed by atoms with van der Waals surface area (Å²) in [6, 6.07) is -1.00. The third kappa shape index (κ3) is 3.44. The van der Waals surface area contributed by atoms with Crippen molar-refractivity contribution in [3.8, 4) is 0 Å². The Labute approximate surface area is 98.6 Å². The first-order valence-corrected chi connectivity index (χ1v) is 5.15. The van der Waals surface area contributed by atoms with E-state index in [1.54, 1.807) is 19.1 Å². The van der Waals surface area contributed by atoms with Gasteiger partial charge in [-0.2, -0.15) is 0 Å². The molecule has 0 radical (unpaired) electrons. The Morgan fingerprint density at radius 2 is 2.18 bits per heavy atom. The number of amides is 2. The standard InChI is InChI=1S/C11H14N2O4/c1-2-3-4-5-10(15)13-7-9(14)12-6-8(13)11(16)17/h2-5,8H,6-7H2,1H3,(H,12,14)(H,16,17). The summed E-state index contributed by atoms with van der Waals surface area (Å²) in [5, 5.41) is 11.3. The van der Waals surface area contributed by atoms with E-state index in [4.69, 9.17) is 5.11 Å². The quantitative estimate of drug-likeness (QED) is 0.514. The van der Waals surface area contributed by atoms with Crippen molar-refractivity contribution >= 4 is 17.8 Å². The van der Waals surface area contributed by atoms with Crippen LogP contribution in [0.3, 0.4) is 0 Å². The summed E-state index contributed by atoms with van der Waals surface area (Å²) in [4.78, 5) is 34.8. The van der Waals surface area contributed by atoms with Crippen molar-refractivity contribution in [3.63, 3.8) is 0 Å². The van der Waals surface area contributed by atoms with Crippen molar-refractivity contribution in [1.29, 1.82) is 0 Å². The Hall–Kier alpha value is -2.11. The van der Waals surface area contributed by atoms with E-state index in [-0.39, 0.29) is 19.0 Å². The molecule has 1 heterocycles. The van der Waals surface area contributed by atoms with Gasteiger partial charge >= 0.3 is 5.97 Å². The molecule has 92 valence electrons. The van der Waals surface area contributed by atoms with Crippen molar-refractivity contribution in [2.24, 2.45) is 0 Å². The molecule has 0 aliphatic carbocycles. The molecule has 0 aromatic heterocycles. The summed E-state index contributed by atoms with van der Waals surface area (Å²) >= 11 is 0. The Morgan fingerprint density at radius 3 is 2.76 bits per heavy atom. The van der Waals surface area contributed by atoms with Crippen LogP contribution in [0.2, 0.25) is 0 Å². The smallest absolute Gasteiger partial charge is 0.328 e. The van der Waals surface area contributed by atoms with Gasteiger partial charge in [0.1, 0.15) is 12.6 Å². The number of hydrogen-bond donors (Lipinski definition) is 2. The second-order valence-electron chi connectivity index (χ2n) is 3.51. The zero-order valence-electron chi connectivity index (χ0n) is 9.42. The van der Waals surface area contributed by atoms with Crippen LogP contribution in [0.25, 0.3) is 0 Å². The van der Waals surface area contributed by atoms with E-state index in [0.717, 1.165) is 4.90 Å². The third-order valence-corrected chi connectivity index (χ3v) is 2.29. The van der Waals surface area contributed by atoms with Gasteiger partial charge in [0.05, 0.1) is 0 Å². The zero-order valence-corrected chi connectivity index (χ0v) is 9.42. The lowest BCUT2D eigenvalue weighted by atomic mass is 10.2. The lowest BCUT2D eigenvalue weighted by molar-refractivity contribution is -0.152. The van der Waals surface area contributed by atoms with Crippen LogP contribution in [-0.4, -0.2) is 46.9 Å². The largest absolute Gasteiger partial charge is 0.480 e. The highest BCUT2D eigenvalue weighted by atomic mass is 16.4. The molecule has 2 N–H and O–H groups in total. The summed E-state index contributed by atoms with van der Waals surface area (Å²) in [6.45, 7) is 1.51. The van der Waals surface area contributed by atoms with Crippen molar-refractivity contribution in [1.82, 2.24) is 10.2 Å². The average molecular weight is 238 g/mol. The maximum absolute atomic E-state index is 11.7. The molecule has 1 atom stereocenters. The number of piperazine rings is 1. The normalized spacial score (nSPS) is 20.9. The molecule has 0 spiro atoms.